The molecule has 2 bridgehead atoms. The summed E-state index contributed by atoms with van der Waals surface area (Å²) >= 11 is 0. The summed E-state index contributed by atoms with van der Waals surface area (Å²) in [4.78, 5) is 26.0. The van der Waals surface area contributed by atoms with Crippen molar-refractivity contribution in [1.29, 1.82) is 0 Å². The molecule has 4 heterocycles. The third-order valence-corrected chi connectivity index (χ3v) is 5.62. The summed E-state index contributed by atoms with van der Waals surface area (Å²) in [5.74, 6) is 1.42. The van der Waals surface area contributed by atoms with Crippen molar-refractivity contribution in [1.82, 2.24) is 19.8 Å². The van der Waals surface area contributed by atoms with Crippen LogP contribution in [-0.4, -0.2) is 58.5 Å². The Morgan fingerprint density at radius 1 is 1.11 bits per heavy atom. The molecule has 1 aromatic heterocycles. The Labute approximate surface area is 160 Å². The van der Waals surface area contributed by atoms with Crippen LogP contribution in [0.1, 0.15) is 34.6 Å². The predicted molar refractivity (Wildman–Crippen MR) is 103 cm³/mol. The van der Waals surface area contributed by atoms with E-state index in [1.54, 1.807) is 19.5 Å². The molecule has 1 amide bonds. The molecular weight excluding hydrogens is 340 g/mol. The number of fused-ring (bicyclic) bond motifs is 4. The Morgan fingerprint density at radius 3 is 2.63 bits per heavy atom. The van der Waals surface area contributed by atoms with Gasteiger partial charge >= 0.3 is 0 Å². The van der Waals surface area contributed by atoms with Crippen molar-refractivity contribution in [3.8, 4) is 5.75 Å². The number of aromatic nitrogens is 2. The second-order valence-electron chi connectivity index (χ2n) is 7.64. The van der Waals surface area contributed by atoms with Crippen LogP contribution in [0.5, 0.6) is 5.75 Å². The molecule has 3 aliphatic rings. The number of piperidine rings is 1. The van der Waals surface area contributed by atoms with Crippen molar-refractivity contribution >= 4 is 5.91 Å². The van der Waals surface area contributed by atoms with E-state index in [0.29, 0.717) is 11.6 Å². The van der Waals surface area contributed by atoms with E-state index in [0.717, 1.165) is 44.0 Å². The number of carbonyl (C=O) groups excluding carboxylic acids is 1. The number of amides is 1. The highest BCUT2D eigenvalue weighted by molar-refractivity contribution is 5.92. The summed E-state index contributed by atoms with van der Waals surface area (Å²) in [5, 5.41) is 0. The van der Waals surface area contributed by atoms with Crippen LogP contribution in [0.25, 0.3) is 0 Å². The first-order valence-electron chi connectivity index (χ1n) is 9.57. The van der Waals surface area contributed by atoms with Gasteiger partial charge in [0.25, 0.3) is 5.91 Å². The van der Waals surface area contributed by atoms with Crippen LogP contribution < -0.4 is 4.74 Å². The zero-order valence-corrected chi connectivity index (χ0v) is 16.0. The van der Waals surface area contributed by atoms with Gasteiger partial charge in [-0.2, -0.15) is 0 Å². The number of ether oxygens (including phenoxy) is 1. The van der Waals surface area contributed by atoms with Gasteiger partial charge in [-0.05, 0) is 43.4 Å². The van der Waals surface area contributed by atoms with Crippen molar-refractivity contribution in [2.75, 3.05) is 26.7 Å². The lowest BCUT2D eigenvalue weighted by Gasteiger charge is -2.36. The molecule has 1 aromatic carbocycles. The van der Waals surface area contributed by atoms with Gasteiger partial charge in [0, 0.05) is 38.4 Å². The van der Waals surface area contributed by atoms with Crippen LogP contribution >= 0.6 is 0 Å². The fourth-order valence-electron chi connectivity index (χ4n) is 4.20. The first-order chi connectivity index (χ1) is 13.1. The topological polar surface area (TPSA) is 58.6 Å². The van der Waals surface area contributed by atoms with E-state index in [1.165, 1.54) is 12.0 Å². The second kappa shape index (κ2) is 7.64. The van der Waals surface area contributed by atoms with E-state index in [-0.39, 0.29) is 11.9 Å². The fourth-order valence-corrected chi connectivity index (χ4v) is 4.20. The van der Waals surface area contributed by atoms with Gasteiger partial charge in [-0.1, -0.05) is 12.1 Å². The number of carbonyl (C=O) groups is 1. The Balaban J connectivity index is 1.46. The number of aryl methyl sites for hydroxylation is 1. The number of benzene rings is 1. The molecule has 3 aliphatic heterocycles. The van der Waals surface area contributed by atoms with Crippen molar-refractivity contribution in [3.63, 3.8) is 0 Å². The van der Waals surface area contributed by atoms with Gasteiger partial charge in [-0.25, -0.2) is 4.98 Å². The van der Waals surface area contributed by atoms with Crippen molar-refractivity contribution in [3.05, 3.63) is 53.6 Å². The van der Waals surface area contributed by atoms with Crippen LogP contribution in [0, 0.1) is 12.8 Å². The molecule has 6 nitrogen and oxygen atoms in total. The van der Waals surface area contributed by atoms with Crippen molar-refractivity contribution in [2.45, 2.75) is 32.4 Å². The Morgan fingerprint density at radius 2 is 1.93 bits per heavy atom. The normalized spacial score (nSPS) is 22.5. The van der Waals surface area contributed by atoms with Gasteiger partial charge in [0.05, 0.1) is 19.0 Å². The van der Waals surface area contributed by atoms with E-state index in [4.69, 9.17) is 4.74 Å². The van der Waals surface area contributed by atoms with E-state index in [2.05, 4.69) is 27.0 Å². The molecule has 0 radical (unpaired) electrons. The zero-order valence-electron chi connectivity index (χ0n) is 16.0. The van der Waals surface area contributed by atoms with Crippen LogP contribution in [0.3, 0.4) is 0 Å². The van der Waals surface area contributed by atoms with E-state index < -0.39 is 0 Å². The van der Waals surface area contributed by atoms with Gasteiger partial charge in [0.15, 0.2) is 0 Å². The molecular formula is C21H26N4O2. The predicted octanol–water partition coefficient (Wildman–Crippen LogP) is 2.53. The van der Waals surface area contributed by atoms with Crippen LogP contribution in [0.2, 0.25) is 0 Å². The van der Waals surface area contributed by atoms with Crippen LogP contribution in [0.4, 0.5) is 0 Å². The van der Waals surface area contributed by atoms with Gasteiger partial charge in [0.1, 0.15) is 11.4 Å². The van der Waals surface area contributed by atoms with Gasteiger partial charge in [-0.15, -0.1) is 0 Å². The minimum absolute atomic E-state index is 0.0171. The second-order valence-corrected chi connectivity index (χ2v) is 7.64. The standard InChI is InChI=1S/C21H26N4O2/c1-15-9-23-20(10-22-15)21(26)25-13-17-3-6-18(25)14-24(12-17)11-16-4-7-19(27-2)8-5-16/h4-5,7-10,17-18H,3,6,11-14H2,1-2H3/t17-,18+/m0/s1. The Bertz CT molecular complexity index is 791. The number of hydrogen-bond donors (Lipinski definition) is 0. The number of methoxy groups -OCH3 is 1. The van der Waals surface area contributed by atoms with Gasteiger partial charge in [0.2, 0.25) is 0 Å². The monoisotopic (exact) mass is 366 g/mol. The molecule has 0 unspecified atom stereocenters. The molecule has 0 N–H and O–H groups in total. The summed E-state index contributed by atoms with van der Waals surface area (Å²) in [7, 11) is 1.69. The van der Waals surface area contributed by atoms with Crippen LogP contribution in [-0.2, 0) is 6.54 Å². The maximum absolute atomic E-state index is 13.0. The SMILES string of the molecule is COc1ccc(CN2C[C@@H]3CC[C@H](C2)N(C(=O)c2cnc(C)cn2)C3)cc1. The summed E-state index contributed by atoms with van der Waals surface area (Å²) in [6.07, 6.45) is 5.52. The maximum atomic E-state index is 13.0. The first-order valence-corrected chi connectivity index (χ1v) is 9.57. The lowest BCUT2D eigenvalue weighted by atomic mass is 9.95. The lowest BCUT2D eigenvalue weighted by Crippen LogP contribution is -2.47. The summed E-state index contributed by atoms with van der Waals surface area (Å²) in [6.45, 7) is 5.55. The molecule has 6 heteroatoms. The highest BCUT2D eigenvalue weighted by Gasteiger charge is 2.37. The summed E-state index contributed by atoms with van der Waals surface area (Å²) in [6, 6.07) is 8.51. The minimum atomic E-state index is 0.0171. The van der Waals surface area contributed by atoms with Crippen molar-refractivity contribution < 1.29 is 9.53 Å². The number of nitrogens with zero attached hydrogens (tertiary/aromatic N) is 4. The average Bonchev–Trinajstić information content (AvgIpc) is 2.99. The summed E-state index contributed by atoms with van der Waals surface area (Å²) in [5.41, 5.74) is 2.56. The number of rotatable bonds is 4. The van der Waals surface area contributed by atoms with Gasteiger partial charge < -0.3 is 9.64 Å². The smallest absolute Gasteiger partial charge is 0.274 e. The largest absolute Gasteiger partial charge is 0.497 e. The maximum Gasteiger partial charge on any atom is 0.274 e. The third kappa shape index (κ3) is 3.95. The summed E-state index contributed by atoms with van der Waals surface area (Å²) < 4.78 is 5.24. The van der Waals surface area contributed by atoms with E-state index in [1.807, 2.05) is 24.0 Å². The van der Waals surface area contributed by atoms with E-state index >= 15 is 0 Å². The highest BCUT2D eigenvalue weighted by Crippen LogP contribution is 2.30. The highest BCUT2D eigenvalue weighted by atomic mass is 16.5. The Hall–Kier alpha value is -2.47. The molecule has 5 rings (SSSR count). The average molecular weight is 366 g/mol. The molecule has 3 saturated heterocycles. The first kappa shape index (κ1) is 17.9. The lowest BCUT2D eigenvalue weighted by molar-refractivity contribution is 0.0578. The fraction of sp³-hybridized carbons (Fsp3) is 0.476. The quantitative estimate of drug-likeness (QED) is 0.832. The van der Waals surface area contributed by atoms with Gasteiger partial charge in [-0.3, -0.25) is 14.7 Å². The molecule has 0 saturated carbocycles. The molecule has 27 heavy (non-hydrogen) atoms. The third-order valence-electron chi connectivity index (χ3n) is 5.62. The van der Waals surface area contributed by atoms with Crippen LogP contribution in [0.15, 0.2) is 36.7 Å². The Kier molecular flexibility index (Phi) is 5.07. The molecule has 0 aliphatic carbocycles. The molecule has 142 valence electrons. The molecule has 3 fully saturated rings. The zero-order chi connectivity index (χ0) is 18.8. The number of hydrogen-bond acceptors (Lipinski definition) is 5. The molecule has 2 aromatic rings. The van der Waals surface area contributed by atoms with Crippen molar-refractivity contribution in [2.24, 2.45) is 5.92 Å². The molecule has 0 spiro atoms. The molecule has 2 atom stereocenters. The van der Waals surface area contributed by atoms with E-state index in [9.17, 15) is 4.79 Å². The minimum Gasteiger partial charge on any atom is -0.497 e.